The van der Waals surface area contributed by atoms with Crippen LogP contribution < -0.4 is 5.32 Å². The van der Waals surface area contributed by atoms with Crippen molar-refractivity contribution >= 4 is 16.7 Å². The molecule has 1 heterocycles. The second kappa shape index (κ2) is 7.22. The fourth-order valence-electron chi connectivity index (χ4n) is 2.51. The van der Waals surface area contributed by atoms with E-state index in [1.807, 2.05) is 6.07 Å². The Kier molecular flexibility index (Phi) is 5.33. The van der Waals surface area contributed by atoms with Gasteiger partial charge in [0.05, 0.1) is 11.0 Å². The molecule has 0 fully saturated rings. The van der Waals surface area contributed by atoms with Gasteiger partial charge in [-0.25, -0.2) is 0 Å². The number of hydrogen-bond acceptors (Lipinski definition) is 3. The Labute approximate surface area is 121 Å². The minimum Gasteiger partial charge on any atom is -0.385 e. The second-order valence-corrected chi connectivity index (χ2v) is 5.83. The third-order valence-electron chi connectivity index (χ3n) is 3.94. The van der Waals surface area contributed by atoms with Gasteiger partial charge in [0.25, 0.3) is 0 Å². The standard InChI is InChI=1S/C17H25N3/c1-4-13(2)11-14(3)7-8-18-15-5-6-16-17(12-15)20-10-9-19-16/h5-6,9-10,12-14,18H,4,7-8,11H2,1-3H3. The molecule has 0 saturated carbocycles. The van der Waals surface area contributed by atoms with Crippen molar-refractivity contribution in [2.45, 2.75) is 40.0 Å². The molecule has 1 aromatic heterocycles. The molecule has 0 aliphatic rings. The Bertz CT molecular complexity index is 539. The molecule has 0 amide bonds. The van der Waals surface area contributed by atoms with E-state index in [1.165, 1.54) is 19.3 Å². The Hall–Kier alpha value is -1.64. The van der Waals surface area contributed by atoms with Gasteiger partial charge >= 0.3 is 0 Å². The van der Waals surface area contributed by atoms with Crippen LogP contribution in [0, 0.1) is 11.8 Å². The summed E-state index contributed by atoms with van der Waals surface area (Å²) in [6.07, 6.45) is 7.28. The van der Waals surface area contributed by atoms with E-state index in [4.69, 9.17) is 0 Å². The smallest absolute Gasteiger partial charge is 0.0907 e. The highest BCUT2D eigenvalue weighted by Gasteiger charge is 2.07. The number of nitrogens with zero attached hydrogens (tertiary/aromatic N) is 2. The number of anilines is 1. The maximum Gasteiger partial charge on any atom is 0.0907 e. The van der Waals surface area contributed by atoms with E-state index in [0.29, 0.717) is 0 Å². The van der Waals surface area contributed by atoms with Gasteiger partial charge in [-0.15, -0.1) is 0 Å². The minimum atomic E-state index is 0.776. The molecule has 0 saturated heterocycles. The van der Waals surface area contributed by atoms with Crippen LogP contribution in [0.1, 0.15) is 40.0 Å². The quantitative estimate of drug-likeness (QED) is 0.805. The summed E-state index contributed by atoms with van der Waals surface area (Å²) in [5, 5.41) is 3.49. The SMILES string of the molecule is CCC(C)CC(C)CCNc1ccc2nccnc2c1. The van der Waals surface area contributed by atoms with Crippen LogP contribution in [0.4, 0.5) is 5.69 Å². The third-order valence-corrected chi connectivity index (χ3v) is 3.94. The van der Waals surface area contributed by atoms with Gasteiger partial charge in [0.2, 0.25) is 0 Å². The van der Waals surface area contributed by atoms with Crippen LogP contribution in [0.3, 0.4) is 0 Å². The van der Waals surface area contributed by atoms with E-state index in [1.54, 1.807) is 12.4 Å². The lowest BCUT2D eigenvalue weighted by molar-refractivity contribution is 0.393. The second-order valence-electron chi connectivity index (χ2n) is 5.83. The monoisotopic (exact) mass is 271 g/mol. The Morgan fingerprint density at radius 3 is 2.55 bits per heavy atom. The van der Waals surface area contributed by atoms with E-state index >= 15 is 0 Å². The van der Waals surface area contributed by atoms with Gasteiger partial charge in [-0.3, -0.25) is 9.97 Å². The number of nitrogens with one attached hydrogen (secondary N) is 1. The first-order valence-corrected chi connectivity index (χ1v) is 7.63. The fraction of sp³-hybridized carbons (Fsp3) is 0.529. The van der Waals surface area contributed by atoms with Gasteiger partial charge < -0.3 is 5.32 Å². The van der Waals surface area contributed by atoms with Gasteiger partial charge in [-0.05, 0) is 42.9 Å². The predicted molar refractivity (Wildman–Crippen MR) is 85.9 cm³/mol. The maximum atomic E-state index is 4.33. The number of aromatic nitrogens is 2. The average Bonchev–Trinajstić information content (AvgIpc) is 2.47. The molecule has 2 aromatic rings. The minimum absolute atomic E-state index is 0.776. The molecule has 2 unspecified atom stereocenters. The topological polar surface area (TPSA) is 37.8 Å². The average molecular weight is 271 g/mol. The highest BCUT2D eigenvalue weighted by atomic mass is 14.9. The number of fused-ring (bicyclic) bond motifs is 1. The Morgan fingerprint density at radius 2 is 1.80 bits per heavy atom. The van der Waals surface area contributed by atoms with E-state index in [-0.39, 0.29) is 0 Å². The predicted octanol–water partition coefficient (Wildman–Crippen LogP) is 4.50. The van der Waals surface area contributed by atoms with Crippen LogP contribution in [-0.4, -0.2) is 16.5 Å². The van der Waals surface area contributed by atoms with E-state index in [0.717, 1.165) is 35.1 Å². The fourth-order valence-corrected chi connectivity index (χ4v) is 2.51. The Balaban J connectivity index is 1.83. The van der Waals surface area contributed by atoms with E-state index < -0.39 is 0 Å². The zero-order chi connectivity index (χ0) is 14.4. The summed E-state index contributed by atoms with van der Waals surface area (Å²) >= 11 is 0. The molecule has 0 aliphatic heterocycles. The normalized spacial score (nSPS) is 14.2. The molecule has 0 radical (unpaired) electrons. The first-order valence-electron chi connectivity index (χ1n) is 7.63. The summed E-state index contributed by atoms with van der Waals surface area (Å²) in [5.74, 6) is 1.61. The molecule has 108 valence electrons. The zero-order valence-corrected chi connectivity index (χ0v) is 12.8. The van der Waals surface area contributed by atoms with Crippen LogP contribution in [0.25, 0.3) is 11.0 Å². The molecule has 2 atom stereocenters. The zero-order valence-electron chi connectivity index (χ0n) is 12.8. The first kappa shape index (κ1) is 14.8. The third kappa shape index (κ3) is 4.19. The molecule has 2 rings (SSSR count). The summed E-state index contributed by atoms with van der Waals surface area (Å²) < 4.78 is 0. The molecule has 3 nitrogen and oxygen atoms in total. The summed E-state index contributed by atoms with van der Waals surface area (Å²) in [6, 6.07) is 6.17. The summed E-state index contributed by atoms with van der Waals surface area (Å²) in [7, 11) is 0. The van der Waals surface area contributed by atoms with Crippen molar-refractivity contribution < 1.29 is 0 Å². The van der Waals surface area contributed by atoms with Crippen molar-refractivity contribution in [3.8, 4) is 0 Å². The van der Waals surface area contributed by atoms with Crippen LogP contribution in [0.2, 0.25) is 0 Å². The van der Waals surface area contributed by atoms with Gasteiger partial charge in [-0.1, -0.05) is 27.2 Å². The van der Waals surface area contributed by atoms with Crippen LogP contribution in [-0.2, 0) is 0 Å². The van der Waals surface area contributed by atoms with Crippen molar-refractivity contribution in [2.75, 3.05) is 11.9 Å². The first-order chi connectivity index (χ1) is 9.69. The molecule has 1 N–H and O–H groups in total. The van der Waals surface area contributed by atoms with Gasteiger partial charge in [0, 0.05) is 24.6 Å². The van der Waals surface area contributed by atoms with Crippen LogP contribution in [0.15, 0.2) is 30.6 Å². The Morgan fingerprint density at radius 1 is 1.05 bits per heavy atom. The number of rotatable bonds is 7. The van der Waals surface area contributed by atoms with E-state index in [9.17, 15) is 0 Å². The molecule has 0 spiro atoms. The van der Waals surface area contributed by atoms with Crippen molar-refractivity contribution in [2.24, 2.45) is 11.8 Å². The molecular formula is C17H25N3. The lowest BCUT2D eigenvalue weighted by Crippen LogP contribution is -2.09. The molecular weight excluding hydrogens is 246 g/mol. The molecule has 0 bridgehead atoms. The highest BCUT2D eigenvalue weighted by Crippen LogP contribution is 2.19. The largest absolute Gasteiger partial charge is 0.385 e. The van der Waals surface area contributed by atoms with Gasteiger partial charge in [0.1, 0.15) is 0 Å². The number of benzene rings is 1. The van der Waals surface area contributed by atoms with Crippen molar-refractivity contribution in [3.05, 3.63) is 30.6 Å². The maximum absolute atomic E-state index is 4.33. The summed E-state index contributed by atoms with van der Waals surface area (Å²) in [6.45, 7) is 7.97. The van der Waals surface area contributed by atoms with Crippen LogP contribution >= 0.6 is 0 Å². The van der Waals surface area contributed by atoms with Crippen molar-refractivity contribution in [3.63, 3.8) is 0 Å². The van der Waals surface area contributed by atoms with E-state index in [2.05, 4.69) is 48.2 Å². The van der Waals surface area contributed by atoms with Gasteiger partial charge in [0.15, 0.2) is 0 Å². The molecule has 0 aliphatic carbocycles. The van der Waals surface area contributed by atoms with Crippen LogP contribution in [0.5, 0.6) is 0 Å². The van der Waals surface area contributed by atoms with Crippen molar-refractivity contribution in [1.82, 2.24) is 9.97 Å². The molecule has 20 heavy (non-hydrogen) atoms. The number of hydrogen-bond donors (Lipinski definition) is 1. The lowest BCUT2D eigenvalue weighted by atomic mass is 9.93. The highest BCUT2D eigenvalue weighted by molar-refractivity contribution is 5.78. The lowest BCUT2D eigenvalue weighted by Gasteiger charge is -2.16. The van der Waals surface area contributed by atoms with Gasteiger partial charge in [-0.2, -0.15) is 0 Å². The van der Waals surface area contributed by atoms with Crippen molar-refractivity contribution in [1.29, 1.82) is 0 Å². The molecule has 3 heteroatoms. The molecule has 1 aromatic carbocycles. The summed E-state index contributed by atoms with van der Waals surface area (Å²) in [4.78, 5) is 8.62. The summed E-state index contributed by atoms with van der Waals surface area (Å²) in [5.41, 5.74) is 3.03.